The third-order valence-corrected chi connectivity index (χ3v) is 4.57. The molecule has 0 aromatic rings. The van der Waals surface area contributed by atoms with Crippen molar-refractivity contribution in [1.29, 1.82) is 0 Å². The first-order valence-corrected chi connectivity index (χ1v) is 7.48. The second-order valence-electron chi connectivity index (χ2n) is 4.44. The molecule has 1 aliphatic heterocycles. The van der Waals surface area contributed by atoms with Crippen molar-refractivity contribution in [3.63, 3.8) is 0 Å². The summed E-state index contributed by atoms with van der Waals surface area (Å²) in [5.74, 6) is 0.168. The zero-order valence-electron chi connectivity index (χ0n) is 10.5. The van der Waals surface area contributed by atoms with E-state index in [1.807, 2.05) is 18.7 Å². The van der Waals surface area contributed by atoms with Gasteiger partial charge in [-0.1, -0.05) is 13.8 Å². The van der Waals surface area contributed by atoms with E-state index in [0.717, 1.165) is 12.8 Å². The fourth-order valence-electron chi connectivity index (χ4n) is 1.94. The van der Waals surface area contributed by atoms with E-state index in [0.29, 0.717) is 6.54 Å². The van der Waals surface area contributed by atoms with Gasteiger partial charge in [-0.2, -0.15) is 0 Å². The fourth-order valence-corrected chi connectivity index (χ4v) is 2.38. The summed E-state index contributed by atoms with van der Waals surface area (Å²) < 4.78 is 11.2. The van der Waals surface area contributed by atoms with Crippen LogP contribution in [0.15, 0.2) is 0 Å². The highest BCUT2D eigenvalue weighted by Gasteiger charge is 2.34. The largest absolute Gasteiger partial charge is 0.326 e. The Morgan fingerprint density at radius 2 is 2.19 bits per heavy atom. The monoisotopic (exact) mass is 246 g/mol. The molecule has 1 heterocycles. The lowest BCUT2D eigenvalue weighted by Crippen LogP contribution is -2.38. The first-order valence-electron chi connectivity index (χ1n) is 5.86. The number of nitrogens with zero attached hydrogens (tertiary/aromatic N) is 1. The topological polar surface area (TPSA) is 49.4 Å². The number of carbonyl (C=O) groups is 1. The Hall–Kier alpha value is -0.420. The van der Waals surface area contributed by atoms with Crippen molar-refractivity contribution in [2.45, 2.75) is 51.1 Å². The summed E-state index contributed by atoms with van der Waals surface area (Å²) in [6, 6.07) is -0.0765. The van der Waals surface area contributed by atoms with Crippen LogP contribution < -0.4 is 5.32 Å². The highest BCUT2D eigenvalue weighted by molar-refractivity contribution is 7.84. The van der Waals surface area contributed by atoms with Crippen LogP contribution in [-0.2, 0) is 15.6 Å². The summed E-state index contributed by atoms with van der Waals surface area (Å²) in [7, 11) is -0.802. The molecule has 1 aliphatic rings. The lowest BCUT2D eigenvalue weighted by atomic mass is 10.2. The maximum atomic E-state index is 11.8. The minimum absolute atomic E-state index is 0.0765. The number of amides is 1. The lowest BCUT2D eigenvalue weighted by Gasteiger charge is -2.24. The summed E-state index contributed by atoms with van der Waals surface area (Å²) in [5.41, 5.74) is 0. The second-order valence-corrected chi connectivity index (χ2v) is 6.24. The van der Waals surface area contributed by atoms with Crippen LogP contribution in [0.1, 0.15) is 33.6 Å². The Morgan fingerprint density at radius 1 is 1.56 bits per heavy atom. The predicted molar refractivity (Wildman–Crippen MR) is 66.5 cm³/mol. The zero-order chi connectivity index (χ0) is 12.3. The third-order valence-electron chi connectivity index (χ3n) is 3.20. The van der Waals surface area contributed by atoms with Gasteiger partial charge >= 0.3 is 0 Å². The van der Waals surface area contributed by atoms with Crippen molar-refractivity contribution in [1.82, 2.24) is 10.2 Å². The average molecular weight is 246 g/mol. The molecule has 4 unspecified atom stereocenters. The lowest BCUT2D eigenvalue weighted by molar-refractivity contribution is -0.129. The van der Waals surface area contributed by atoms with Crippen LogP contribution in [0.2, 0.25) is 0 Å². The van der Waals surface area contributed by atoms with Crippen molar-refractivity contribution in [3.8, 4) is 0 Å². The number of nitrogens with one attached hydrogen (secondary N) is 1. The molecule has 4 atom stereocenters. The second kappa shape index (κ2) is 5.77. The van der Waals surface area contributed by atoms with E-state index in [1.165, 1.54) is 0 Å². The molecular formula is C11H22N2O2S. The maximum absolute atomic E-state index is 11.8. The van der Waals surface area contributed by atoms with Crippen LogP contribution >= 0.6 is 0 Å². The van der Waals surface area contributed by atoms with Gasteiger partial charge < -0.3 is 4.90 Å². The van der Waals surface area contributed by atoms with E-state index >= 15 is 0 Å². The predicted octanol–water partition coefficient (Wildman–Crippen LogP) is 0.700. The van der Waals surface area contributed by atoms with E-state index in [2.05, 4.69) is 12.2 Å². The smallest absolute Gasteiger partial charge is 0.240 e. The quantitative estimate of drug-likeness (QED) is 0.777. The van der Waals surface area contributed by atoms with Crippen LogP contribution in [-0.4, -0.2) is 45.3 Å². The summed E-state index contributed by atoms with van der Waals surface area (Å²) in [4.78, 5) is 13.7. The molecule has 0 aliphatic carbocycles. The number of hydrogen-bond donors (Lipinski definition) is 1. The molecule has 16 heavy (non-hydrogen) atoms. The summed E-state index contributed by atoms with van der Waals surface area (Å²) >= 11 is 0. The molecule has 0 bridgehead atoms. The molecule has 1 amide bonds. The van der Waals surface area contributed by atoms with Gasteiger partial charge in [-0.15, -0.1) is 0 Å². The third kappa shape index (κ3) is 3.04. The Kier molecular flexibility index (Phi) is 4.92. The summed E-state index contributed by atoms with van der Waals surface area (Å²) in [6.07, 6.45) is 3.59. The summed E-state index contributed by atoms with van der Waals surface area (Å²) in [6.45, 7) is 6.63. The van der Waals surface area contributed by atoms with Crippen LogP contribution in [0.5, 0.6) is 0 Å². The molecule has 5 heteroatoms. The van der Waals surface area contributed by atoms with E-state index in [1.54, 1.807) is 6.26 Å². The molecule has 0 aromatic carbocycles. The van der Waals surface area contributed by atoms with Crippen LogP contribution in [0.25, 0.3) is 0 Å². The Morgan fingerprint density at radius 3 is 2.69 bits per heavy atom. The van der Waals surface area contributed by atoms with Crippen LogP contribution in [0.3, 0.4) is 0 Å². The minimum atomic E-state index is -0.802. The molecule has 1 saturated heterocycles. The molecular weight excluding hydrogens is 224 g/mol. The average Bonchev–Trinajstić information content (AvgIpc) is 2.51. The standard InChI is InChI=1S/C11H22N2O2S/c1-5-10-12-9(3)11(14)13(10)7-6-8(2)16(4)15/h8-10,12H,5-7H2,1-4H3. The highest BCUT2D eigenvalue weighted by Crippen LogP contribution is 2.14. The first kappa shape index (κ1) is 13.6. The SMILES string of the molecule is CCC1NC(C)C(=O)N1CCC(C)S(C)=O. The Labute approximate surface area is 100 Å². The van der Waals surface area contributed by atoms with Crippen molar-refractivity contribution in [2.75, 3.05) is 12.8 Å². The molecule has 1 N–H and O–H groups in total. The van der Waals surface area contributed by atoms with Gasteiger partial charge in [0, 0.05) is 28.9 Å². The minimum Gasteiger partial charge on any atom is -0.326 e. The molecule has 1 fully saturated rings. The molecule has 4 nitrogen and oxygen atoms in total. The zero-order valence-corrected chi connectivity index (χ0v) is 11.3. The van der Waals surface area contributed by atoms with E-state index < -0.39 is 10.8 Å². The van der Waals surface area contributed by atoms with Gasteiger partial charge in [0.25, 0.3) is 0 Å². The van der Waals surface area contributed by atoms with Crippen molar-refractivity contribution in [3.05, 3.63) is 0 Å². The van der Waals surface area contributed by atoms with Gasteiger partial charge in [-0.3, -0.25) is 14.3 Å². The van der Waals surface area contributed by atoms with Gasteiger partial charge in [0.1, 0.15) is 0 Å². The molecule has 0 spiro atoms. The fraction of sp³-hybridized carbons (Fsp3) is 0.909. The van der Waals surface area contributed by atoms with Gasteiger partial charge in [-0.05, 0) is 19.8 Å². The maximum Gasteiger partial charge on any atom is 0.240 e. The van der Waals surface area contributed by atoms with Gasteiger partial charge in [0.2, 0.25) is 5.91 Å². The summed E-state index contributed by atoms with van der Waals surface area (Å²) in [5, 5.41) is 3.41. The molecule has 1 rings (SSSR count). The molecule has 0 saturated carbocycles. The molecule has 0 radical (unpaired) electrons. The van der Waals surface area contributed by atoms with Crippen molar-refractivity contribution < 1.29 is 9.00 Å². The van der Waals surface area contributed by atoms with Crippen LogP contribution in [0.4, 0.5) is 0 Å². The number of rotatable bonds is 5. The van der Waals surface area contributed by atoms with E-state index in [-0.39, 0.29) is 23.4 Å². The normalized spacial score (nSPS) is 29.5. The number of carbonyl (C=O) groups excluding carboxylic acids is 1. The van der Waals surface area contributed by atoms with Crippen molar-refractivity contribution >= 4 is 16.7 Å². The molecule has 0 aromatic heterocycles. The van der Waals surface area contributed by atoms with Gasteiger partial charge in [0.15, 0.2) is 0 Å². The highest BCUT2D eigenvalue weighted by atomic mass is 32.2. The van der Waals surface area contributed by atoms with E-state index in [4.69, 9.17) is 0 Å². The van der Waals surface area contributed by atoms with Gasteiger partial charge in [-0.25, -0.2) is 0 Å². The number of hydrogen-bond acceptors (Lipinski definition) is 3. The first-order chi connectivity index (χ1) is 7.47. The van der Waals surface area contributed by atoms with Crippen molar-refractivity contribution in [2.24, 2.45) is 0 Å². The Bertz CT molecular complexity index is 283. The van der Waals surface area contributed by atoms with E-state index in [9.17, 15) is 9.00 Å². The Balaban J connectivity index is 2.51. The van der Waals surface area contributed by atoms with Crippen LogP contribution in [0, 0.1) is 0 Å². The molecule has 94 valence electrons. The van der Waals surface area contributed by atoms with Gasteiger partial charge in [0.05, 0.1) is 12.2 Å².